The summed E-state index contributed by atoms with van der Waals surface area (Å²) in [6.07, 6.45) is 0.817. The van der Waals surface area contributed by atoms with Crippen LogP contribution in [0.2, 0.25) is 0 Å². The number of carbonyl (C=O) groups excluding carboxylic acids is 2. The van der Waals surface area contributed by atoms with Crippen LogP contribution < -0.4 is 10.6 Å². The van der Waals surface area contributed by atoms with Gasteiger partial charge in [0.1, 0.15) is 0 Å². The maximum absolute atomic E-state index is 11.6. The summed E-state index contributed by atoms with van der Waals surface area (Å²) >= 11 is 0. The number of carbonyl (C=O) groups is 2. The molecule has 0 unspecified atom stereocenters. The third-order valence-electron chi connectivity index (χ3n) is 4.51. The van der Waals surface area contributed by atoms with Crippen molar-refractivity contribution in [1.82, 2.24) is 40.4 Å². The van der Waals surface area contributed by atoms with Crippen LogP contribution in [0.3, 0.4) is 0 Å². The van der Waals surface area contributed by atoms with E-state index in [1.54, 1.807) is 47.5 Å². The summed E-state index contributed by atoms with van der Waals surface area (Å²) in [7, 11) is 2.60. The molecule has 4 aromatic rings. The number of benzene rings is 2. The number of nitrogens with one attached hydrogen (secondary N) is 2. The van der Waals surface area contributed by atoms with E-state index in [9.17, 15) is 9.59 Å². The normalized spacial score (nSPS) is 10.8. The van der Waals surface area contributed by atoms with Crippen molar-refractivity contribution in [3.05, 3.63) is 48.5 Å². The molecule has 0 fully saturated rings. The van der Waals surface area contributed by atoms with E-state index in [-0.39, 0.29) is 11.8 Å². The Bertz CT molecular complexity index is 1170. The van der Waals surface area contributed by atoms with Gasteiger partial charge < -0.3 is 10.6 Å². The SMILES string of the molecule is CCC(=O)Nc1ccc(-n2nnnc2SSc2nnnn2-c2ccc(NC(=O)CC)cc2)cc1. The Hall–Kier alpha value is -3.78. The molecule has 2 heterocycles. The first-order chi connectivity index (χ1) is 16.6. The quantitative estimate of drug-likeness (QED) is 0.331. The van der Waals surface area contributed by atoms with Crippen LogP contribution in [0, 0.1) is 0 Å². The number of hydrogen-bond acceptors (Lipinski definition) is 10. The van der Waals surface area contributed by atoms with E-state index in [1.807, 2.05) is 24.3 Å². The maximum atomic E-state index is 11.6. The zero-order valence-corrected chi connectivity index (χ0v) is 19.9. The van der Waals surface area contributed by atoms with Crippen molar-refractivity contribution in [2.75, 3.05) is 10.6 Å². The van der Waals surface area contributed by atoms with Gasteiger partial charge in [-0.25, -0.2) is 0 Å². The van der Waals surface area contributed by atoms with E-state index < -0.39 is 0 Å². The van der Waals surface area contributed by atoms with Gasteiger partial charge in [0.05, 0.1) is 11.4 Å². The summed E-state index contributed by atoms with van der Waals surface area (Å²) in [5, 5.41) is 30.5. The summed E-state index contributed by atoms with van der Waals surface area (Å²) in [5.74, 6) is -0.109. The standard InChI is InChI=1S/C20H20N10O2S2/c1-3-17(31)21-13-5-9-15(10-6-13)29-19(23-25-27-29)33-34-20-24-26-28-30(20)16-11-7-14(8-12-16)22-18(32)4-2/h5-12H,3-4H2,1-2H3,(H,21,31)(H,22,32). The van der Waals surface area contributed by atoms with Gasteiger partial charge in [0, 0.05) is 24.2 Å². The van der Waals surface area contributed by atoms with E-state index in [0.717, 1.165) is 11.4 Å². The summed E-state index contributed by atoms with van der Waals surface area (Å²) < 4.78 is 3.17. The molecule has 14 heteroatoms. The zero-order chi connectivity index (χ0) is 23.9. The lowest BCUT2D eigenvalue weighted by Gasteiger charge is -2.07. The number of nitrogens with zero attached hydrogens (tertiary/aromatic N) is 8. The molecule has 0 saturated heterocycles. The topological polar surface area (TPSA) is 145 Å². The monoisotopic (exact) mass is 496 g/mol. The van der Waals surface area contributed by atoms with Gasteiger partial charge in [-0.3, -0.25) is 9.59 Å². The lowest BCUT2D eigenvalue weighted by molar-refractivity contribution is -0.116. The molecule has 0 saturated carbocycles. The summed E-state index contributed by atoms with van der Waals surface area (Å²) in [5.41, 5.74) is 2.89. The molecular formula is C20H20N10O2S2. The molecule has 0 aliphatic heterocycles. The molecule has 2 aromatic heterocycles. The molecule has 0 aliphatic carbocycles. The fourth-order valence-corrected chi connectivity index (χ4v) is 4.52. The number of anilines is 2. The molecule has 2 aromatic carbocycles. The van der Waals surface area contributed by atoms with Gasteiger partial charge in [-0.15, -0.1) is 10.2 Å². The first-order valence-electron chi connectivity index (χ1n) is 10.3. The second-order valence-corrected chi connectivity index (χ2v) is 8.87. The van der Waals surface area contributed by atoms with Crippen molar-refractivity contribution in [3.8, 4) is 11.4 Å². The number of hydrogen-bond donors (Lipinski definition) is 2. The van der Waals surface area contributed by atoms with Gasteiger partial charge >= 0.3 is 0 Å². The van der Waals surface area contributed by atoms with Crippen molar-refractivity contribution in [3.63, 3.8) is 0 Å². The van der Waals surface area contributed by atoms with Crippen LogP contribution in [0.1, 0.15) is 26.7 Å². The van der Waals surface area contributed by atoms with Crippen LogP contribution in [0.15, 0.2) is 58.8 Å². The lowest BCUT2D eigenvalue weighted by atomic mass is 10.2. The van der Waals surface area contributed by atoms with Crippen LogP contribution in [-0.2, 0) is 9.59 Å². The van der Waals surface area contributed by atoms with Crippen LogP contribution in [0.4, 0.5) is 11.4 Å². The Morgan fingerprint density at radius 2 is 1.09 bits per heavy atom. The highest BCUT2D eigenvalue weighted by molar-refractivity contribution is 8.76. The highest BCUT2D eigenvalue weighted by Gasteiger charge is 2.15. The third kappa shape index (κ3) is 5.58. The summed E-state index contributed by atoms with van der Waals surface area (Å²) in [4.78, 5) is 23.1. The summed E-state index contributed by atoms with van der Waals surface area (Å²) in [6, 6.07) is 14.4. The number of amides is 2. The molecule has 0 spiro atoms. The number of aromatic nitrogens is 8. The van der Waals surface area contributed by atoms with E-state index >= 15 is 0 Å². The van der Waals surface area contributed by atoms with Gasteiger partial charge in [-0.1, -0.05) is 13.8 Å². The van der Waals surface area contributed by atoms with Crippen molar-refractivity contribution < 1.29 is 9.59 Å². The molecule has 4 rings (SSSR count). The first kappa shape index (κ1) is 23.4. The average molecular weight is 497 g/mol. The van der Waals surface area contributed by atoms with Crippen LogP contribution in [0.25, 0.3) is 11.4 Å². The van der Waals surface area contributed by atoms with Crippen molar-refractivity contribution in [1.29, 1.82) is 0 Å². The van der Waals surface area contributed by atoms with Gasteiger partial charge in [-0.05, 0) is 91.0 Å². The van der Waals surface area contributed by atoms with Crippen LogP contribution in [0.5, 0.6) is 0 Å². The highest BCUT2D eigenvalue weighted by atomic mass is 33.1. The van der Waals surface area contributed by atoms with Crippen molar-refractivity contribution in [2.24, 2.45) is 0 Å². The van der Waals surface area contributed by atoms with Gasteiger partial charge in [0.2, 0.25) is 22.1 Å². The van der Waals surface area contributed by atoms with Gasteiger partial charge in [0.25, 0.3) is 0 Å². The molecule has 12 nitrogen and oxygen atoms in total. The molecule has 0 aliphatic rings. The fourth-order valence-electron chi connectivity index (χ4n) is 2.73. The molecule has 2 amide bonds. The Morgan fingerprint density at radius 1 is 0.706 bits per heavy atom. The van der Waals surface area contributed by atoms with Crippen molar-refractivity contribution >= 4 is 44.8 Å². The Labute approximate surface area is 202 Å². The number of tetrazole rings is 2. The molecule has 0 radical (unpaired) electrons. The number of rotatable bonds is 9. The Balaban J connectivity index is 1.44. The fraction of sp³-hybridized carbons (Fsp3) is 0.200. The molecule has 2 N–H and O–H groups in total. The minimum Gasteiger partial charge on any atom is -0.326 e. The zero-order valence-electron chi connectivity index (χ0n) is 18.2. The second kappa shape index (κ2) is 10.9. The minimum absolute atomic E-state index is 0.0547. The molecule has 174 valence electrons. The predicted molar refractivity (Wildman–Crippen MR) is 128 cm³/mol. The van der Waals surface area contributed by atoms with E-state index in [2.05, 4.69) is 41.7 Å². The Morgan fingerprint density at radius 3 is 1.44 bits per heavy atom. The highest BCUT2D eigenvalue weighted by Crippen LogP contribution is 2.36. The lowest BCUT2D eigenvalue weighted by Crippen LogP contribution is -2.09. The largest absolute Gasteiger partial charge is 0.326 e. The van der Waals surface area contributed by atoms with Crippen LogP contribution >= 0.6 is 21.6 Å². The molecular weight excluding hydrogens is 476 g/mol. The van der Waals surface area contributed by atoms with Gasteiger partial charge in [-0.2, -0.15) is 9.36 Å². The minimum atomic E-state index is -0.0547. The first-order valence-corrected chi connectivity index (χ1v) is 12.4. The van der Waals surface area contributed by atoms with Gasteiger partial charge in [0.15, 0.2) is 0 Å². The molecule has 34 heavy (non-hydrogen) atoms. The van der Waals surface area contributed by atoms with E-state index in [0.29, 0.717) is 34.5 Å². The average Bonchev–Trinajstić information content (AvgIpc) is 3.53. The van der Waals surface area contributed by atoms with E-state index in [4.69, 9.17) is 0 Å². The molecule has 0 bridgehead atoms. The molecule has 0 atom stereocenters. The third-order valence-corrected chi connectivity index (χ3v) is 6.54. The summed E-state index contributed by atoms with van der Waals surface area (Å²) in [6.45, 7) is 3.59. The smallest absolute Gasteiger partial charge is 0.225 e. The van der Waals surface area contributed by atoms with E-state index in [1.165, 1.54) is 21.6 Å². The Kier molecular flexibility index (Phi) is 7.49. The van der Waals surface area contributed by atoms with Crippen LogP contribution in [-0.4, -0.2) is 52.2 Å². The second-order valence-electron chi connectivity index (χ2n) is 6.81. The predicted octanol–water partition coefficient (Wildman–Crippen LogP) is 3.13. The van der Waals surface area contributed by atoms with Crippen molar-refractivity contribution in [2.45, 2.75) is 37.0 Å². The maximum Gasteiger partial charge on any atom is 0.225 e.